The van der Waals surface area contributed by atoms with Crippen molar-refractivity contribution in [2.45, 2.75) is 59.3 Å². The average Bonchev–Trinajstić information content (AvgIpc) is 2.90. The van der Waals surface area contributed by atoms with Crippen LogP contribution in [0.3, 0.4) is 0 Å². The number of rotatable bonds is 16. The second kappa shape index (κ2) is 15.9. The van der Waals surface area contributed by atoms with Gasteiger partial charge in [-0.25, -0.2) is 0 Å². The summed E-state index contributed by atoms with van der Waals surface area (Å²) in [6.45, 7) is 6.83. The lowest BCUT2D eigenvalue weighted by atomic mass is 10.1. The van der Waals surface area contributed by atoms with Gasteiger partial charge in [-0.3, -0.25) is 20.2 Å². The van der Waals surface area contributed by atoms with Crippen molar-refractivity contribution < 1.29 is 19.1 Å². The molecule has 0 bridgehead atoms. The molecule has 0 saturated heterocycles. The summed E-state index contributed by atoms with van der Waals surface area (Å²) >= 11 is 0. The third kappa shape index (κ3) is 11.0. The lowest BCUT2D eigenvalue weighted by Crippen LogP contribution is -2.17. The molecule has 10 heteroatoms. The predicted molar refractivity (Wildman–Crippen MR) is 153 cm³/mol. The fourth-order valence-electron chi connectivity index (χ4n) is 3.71. The minimum atomic E-state index is -0.317. The predicted octanol–water partition coefficient (Wildman–Crippen LogP) is 5.69. The average molecular weight is 535 g/mol. The molecule has 0 aliphatic rings. The number of aromatic nitrogens is 3. The molecule has 0 radical (unpaired) electrons. The van der Waals surface area contributed by atoms with E-state index in [1.807, 2.05) is 24.3 Å². The highest BCUT2D eigenvalue weighted by atomic mass is 16.5. The number of carbonyl (C=O) groups excluding carboxylic acids is 2. The van der Waals surface area contributed by atoms with Gasteiger partial charge in [0, 0.05) is 20.4 Å². The van der Waals surface area contributed by atoms with Crippen LogP contribution in [0.5, 0.6) is 11.5 Å². The summed E-state index contributed by atoms with van der Waals surface area (Å²) in [5.74, 6) is 1.48. The van der Waals surface area contributed by atoms with E-state index in [4.69, 9.17) is 9.47 Å². The Labute approximate surface area is 230 Å². The molecule has 10 nitrogen and oxygen atoms in total. The molecule has 0 aliphatic heterocycles. The lowest BCUT2D eigenvalue weighted by molar-refractivity contribution is -0.115. The first kappa shape index (κ1) is 29.3. The molecule has 1 aromatic heterocycles. The van der Waals surface area contributed by atoms with Crippen molar-refractivity contribution in [2.75, 3.05) is 35.7 Å². The number of anilines is 3. The molecular formula is C29H38N6O4. The maximum absolute atomic E-state index is 11.3. The van der Waals surface area contributed by atoms with E-state index in [9.17, 15) is 9.59 Å². The number of benzene rings is 2. The van der Waals surface area contributed by atoms with Crippen LogP contribution < -0.4 is 25.4 Å². The Morgan fingerprint density at radius 1 is 0.641 bits per heavy atom. The third-order valence-corrected chi connectivity index (χ3v) is 5.64. The summed E-state index contributed by atoms with van der Waals surface area (Å²) < 4.78 is 11.7. The Balaban J connectivity index is 1.38. The fourth-order valence-corrected chi connectivity index (χ4v) is 3.71. The first-order valence-corrected chi connectivity index (χ1v) is 13.4. The molecule has 0 unspecified atom stereocenters. The van der Waals surface area contributed by atoms with E-state index in [2.05, 4.69) is 62.1 Å². The molecule has 0 spiro atoms. The van der Waals surface area contributed by atoms with Gasteiger partial charge in [-0.05, 0) is 54.7 Å². The first-order chi connectivity index (χ1) is 18.9. The summed E-state index contributed by atoms with van der Waals surface area (Å²) in [5.41, 5.74) is 2.25. The minimum absolute atomic E-state index is 0.0672. The lowest BCUT2D eigenvalue weighted by Gasteiger charge is -2.10. The van der Waals surface area contributed by atoms with Gasteiger partial charge in [-0.15, -0.1) is 0 Å². The Kier molecular flexibility index (Phi) is 12.0. The zero-order valence-corrected chi connectivity index (χ0v) is 23.0. The molecule has 0 aliphatic carbocycles. The second-order valence-electron chi connectivity index (χ2n) is 9.11. The molecule has 2 amide bonds. The van der Waals surface area contributed by atoms with Gasteiger partial charge in [0.1, 0.15) is 11.5 Å². The number of nitrogens with one attached hydrogen (secondary N) is 3. The SMILES string of the molecule is CCCCCCOc1ccc(-c2ccc(OCCCCNc3nc(NC(C)=O)nc(NC(C)=O)n3)cc2)cc1. The van der Waals surface area contributed by atoms with Gasteiger partial charge in [0.15, 0.2) is 0 Å². The number of nitrogens with zero attached hydrogens (tertiary/aromatic N) is 3. The zero-order chi connectivity index (χ0) is 27.9. The van der Waals surface area contributed by atoms with Gasteiger partial charge in [-0.1, -0.05) is 50.5 Å². The van der Waals surface area contributed by atoms with E-state index in [0.29, 0.717) is 13.2 Å². The number of unbranched alkanes of at least 4 members (excludes halogenated alkanes) is 4. The van der Waals surface area contributed by atoms with Gasteiger partial charge in [0.2, 0.25) is 29.7 Å². The van der Waals surface area contributed by atoms with E-state index in [1.54, 1.807) is 0 Å². The van der Waals surface area contributed by atoms with Crippen LogP contribution in [-0.4, -0.2) is 46.5 Å². The van der Waals surface area contributed by atoms with Crippen LogP contribution in [0.15, 0.2) is 48.5 Å². The van der Waals surface area contributed by atoms with Crippen molar-refractivity contribution in [1.82, 2.24) is 15.0 Å². The Bertz CT molecular complexity index is 1150. The van der Waals surface area contributed by atoms with Crippen LogP contribution in [0.25, 0.3) is 11.1 Å². The summed E-state index contributed by atoms with van der Waals surface area (Å²) in [6, 6.07) is 16.3. The number of hydrogen-bond donors (Lipinski definition) is 3. The topological polar surface area (TPSA) is 127 Å². The monoisotopic (exact) mass is 534 g/mol. The van der Waals surface area contributed by atoms with Crippen LogP contribution >= 0.6 is 0 Å². The largest absolute Gasteiger partial charge is 0.494 e. The molecule has 3 N–H and O–H groups in total. The molecule has 1 heterocycles. The van der Waals surface area contributed by atoms with E-state index in [-0.39, 0.29) is 29.7 Å². The summed E-state index contributed by atoms with van der Waals surface area (Å²) in [7, 11) is 0. The van der Waals surface area contributed by atoms with E-state index in [0.717, 1.165) is 48.5 Å². The summed E-state index contributed by atoms with van der Waals surface area (Å²) in [6.07, 6.45) is 6.41. The van der Waals surface area contributed by atoms with Crippen LogP contribution in [0.1, 0.15) is 59.3 Å². The van der Waals surface area contributed by atoms with Crippen molar-refractivity contribution >= 4 is 29.7 Å². The van der Waals surface area contributed by atoms with Gasteiger partial charge < -0.3 is 14.8 Å². The van der Waals surface area contributed by atoms with Crippen molar-refractivity contribution in [2.24, 2.45) is 0 Å². The molecule has 0 atom stereocenters. The first-order valence-electron chi connectivity index (χ1n) is 13.4. The van der Waals surface area contributed by atoms with Crippen molar-refractivity contribution in [3.05, 3.63) is 48.5 Å². The smallest absolute Gasteiger partial charge is 0.236 e. The normalized spacial score (nSPS) is 10.5. The highest BCUT2D eigenvalue weighted by Crippen LogP contribution is 2.25. The van der Waals surface area contributed by atoms with Gasteiger partial charge >= 0.3 is 0 Å². The zero-order valence-electron chi connectivity index (χ0n) is 23.0. The quantitative estimate of drug-likeness (QED) is 0.200. The Morgan fingerprint density at radius 3 is 1.56 bits per heavy atom. The number of carbonyl (C=O) groups is 2. The van der Waals surface area contributed by atoms with E-state index in [1.165, 1.54) is 33.1 Å². The Morgan fingerprint density at radius 2 is 1.10 bits per heavy atom. The molecule has 2 aromatic carbocycles. The Hall–Kier alpha value is -4.21. The maximum atomic E-state index is 11.3. The number of amides is 2. The third-order valence-electron chi connectivity index (χ3n) is 5.64. The molecule has 0 fully saturated rings. The second-order valence-corrected chi connectivity index (χ2v) is 9.11. The van der Waals surface area contributed by atoms with Crippen LogP contribution in [0, 0.1) is 0 Å². The molecule has 208 valence electrons. The standard InChI is InChI=1S/C29H38N6O4/c1-4-5-6-8-19-38-25-14-10-23(11-15-25)24-12-16-26(17-13-24)39-20-9-7-18-30-27-33-28(31-21(2)36)35-29(34-27)32-22(3)37/h10-17H,4-9,18-20H2,1-3H3,(H3,30,31,32,33,34,35,36,37). The van der Waals surface area contributed by atoms with E-state index >= 15 is 0 Å². The molecule has 3 rings (SSSR count). The van der Waals surface area contributed by atoms with Gasteiger partial charge in [0.05, 0.1) is 13.2 Å². The molecule has 0 saturated carbocycles. The van der Waals surface area contributed by atoms with Gasteiger partial charge in [0.25, 0.3) is 0 Å². The summed E-state index contributed by atoms with van der Waals surface area (Å²) in [5, 5.41) is 8.09. The van der Waals surface area contributed by atoms with Crippen molar-refractivity contribution in [1.29, 1.82) is 0 Å². The van der Waals surface area contributed by atoms with Crippen LogP contribution in [0.4, 0.5) is 17.8 Å². The number of ether oxygens (including phenoxy) is 2. The fraction of sp³-hybridized carbons (Fsp3) is 0.414. The van der Waals surface area contributed by atoms with Crippen LogP contribution in [0.2, 0.25) is 0 Å². The molecule has 39 heavy (non-hydrogen) atoms. The highest BCUT2D eigenvalue weighted by Gasteiger charge is 2.09. The van der Waals surface area contributed by atoms with Crippen LogP contribution in [-0.2, 0) is 9.59 Å². The summed E-state index contributed by atoms with van der Waals surface area (Å²) in [4.78, 5) is 35.0. The van der Waals surface area contributed by atoms with Crippen molar-refractivity contribution in [3.63, 3.8) is 0 Å². The number of hydrogen-bond acceptors (Lipinski definition) is 8. The van der Waals surface area contributed by atoms with E-state index < -0.39 is 0 Å². The highest BCUT2D eigenvalue weighted by molar-refractivity contribution is 5.88. The van der Waals surface area contributed by atoms with Crippen molar-refractivity contribution in [3.8, 4) is 22.6 Å². The molecule has 3 aromatic rings. The molecular weight excluding hydrogens is 496 g/mol. The minimum Gasteiger partial charge on any atom is -0.494 e. The maximum Gasteiger partial charge on any atom is 0.236 e. The van der Waals surface area contributed by atoms with Gasteiger partial charge in [-0.2, -0.15) is 15.0 Å².